The van der Waals surface area contributed by atoms with E-state index in [0.29, 0.717) is 22.4 Å². The normalized spacial score (nSPS) is 11.9. The number of hydrogen-bond donors (Lipinski definition) is 2. The maximum absolute atomic E-state index is 12.5. The van der Waals surface area contributed by atoms with Crippen molar-refractivity contribution < 1.29 is 4.79 Å². The van der Waals surface area contributed by atoms with E-state index in [4.69, 9.17) is 0 Å². The Labute approximate surface area is 158 Å². The number of H-pyrrole nitrogens is 1. The lowest BCUT2D eigenvalue weighted by Gasteiger charge is -2.13. The van der Waals surface area contributed by atoms with E-state index in [1.165, 1.54) is 29.2 Å². The van der Waals surface area contributed by atoms with Crippen molar-refractivity contribution in [3.63, 3.8) is 0 Å². The molecule has 0 radical (unpaired) electrons. The van der Waals surface area contributed by atoms with Crippen LogP contribution in [0.3, 0.4) is 0 Å². The van der Waals surface area contributed by atoms with Crippen molar-refractivity contribution in [2.45, 2.75) is 30.7 Å². The maximum Gasteiger partial charge on any atom is 0.252 e. The third kappa shape index (κ3) is 4.55. The van der Waals surface area contributed by atoms with Crippen molar-refractivity contribution in [2.24, 2.45) is 0 Å². The van der Waals surface area contributed by atoms with Crippen molar-refractivity contribution in [2.75, 3.05) is 5.32 Å². The molecule has 3 rings (SSSR count). The average Bonchev–Trinajstić information content (AvgIpc) is 3.04. The Morgan fingerprint density at radius 2 is 2.08 bits per heavy atom. The zero-order valence-electron chi connectivity index (χ0n) is 14.2. The summed E-state index contributed by atoms with van der Waals surface area (Å²) in [5.74, 6) is -0.193. The highest BCUT2D eigenvalue weighted by molar-refractivity contribution is 8.00. The smallest absolute Gasteiger partial charge is 0.252 e. The summed E-state index contributed by atoms with van der Waals surface area (Å²) in [6.45, 7) is 3.73. The Hall–Kier alpha value is -2.52. The molecular formula is C17H17N5O2S2. The summed E-state index contributed by atoms with van der Waals surface area (Å²) >= 11 is 2.54. The Morgan fingerprint density at radius 3 is 2.73 bits per heavy atom. The average molecular weight is 387 g/mol. The second-order valence-electron chi connectivity index (χ2n) is 5.43. The highest BCUT2D eigenvalue weighted by Gasteiger charge is 2.21. The van der Waals surface area contributed by atoms with Gasteiger partial charge in [0.25, 0.3) is 5.56 Å². The van der Waals surface area contributed by atoms with Crippen LogP contribution in [0.15, 0.2) is 46.3 Å². The Bertz CT molecular complexity index is 955. The van der Waals surface area contributed by atoms with Crippen LogP contribution >= 0.6 is 23.1 Å². The summed E-state index contributed by atoms with van der Waals surface area (Å²) in [6.07, 6.45) is 0.577. The molecule has 0 saturated carbocycles. The third-order valence-electron chi connectivity index (χ3n) is 3.46. The fraction of sp³-hybridized carbons (Fsp3) is 0.235. The van der Waals surface area contributed by atoms with Gasteiger partial charge < -0.3 is 4.98 Å². The van der Waals surface area contributed by atoms with Crippen molar-refractivity contribution in [3.05, 3.63) is 51.8 Å². The van der Waals surface area contributed by atoms with Gasteiger partial charge in [-0.25, -0.2) is 4.98 Å². The monoisotopic (exact) mass is 387 g/mol. The standard InChI is InChI=1S/C17H17N5O2S2/c1-3-13(15(24)20-17-22-21-10(2)25-17)26-16-18-12(9-14(23)19-16)11-7-5-4-6-8-11/h4-9,13H,3H2,1-2H3,(H,18,19,23)(H,20,22,24). The van der Waals surface area contributed by atoms with Crippen LogP contribution in [-0.4, -0.2) is 31.3 Å². The van der Waals surface area contributed by atoms with Crippen LogP contribution in [0.4, 0.5) is 5.13 Å². The fourth-order valence-electron chi connectivity index (χ4n) is 2.24. The molecule has 134 valence electrons. The lowest BCUT2D eigenvalue weighted by atomic mass is 10.1. The van der Waals surface area contributed by atoms with Gasteiger partial charge in [-0.15, -0.1) is 10.2 Å². The van der Waals surface area contributed by atoms with Crippen LogP contribution in [0, 0.1) is 6.92 Å². The largest absolute Gasteiger partial charge is 0.301 e. The van der Waals surface area contributed by atoms with Gasteiger partial charge >= 0.3 is 0 Å². The molecule has 7 nitrogen and oxygen atoms in total. The Kier molecular flexibility index (Phi) is 5.79. The van der Waals surface area contributed by atoms with E-state index in [-0.39, 0.29) is 11.5 Å². The van der Waals surface area contributed by atoms with Gasteiger partial charge in [-0.05, 0) is 13.3 Å². The molecule has 0 aliphatic rings. The summed E-state index contributed by atoms with van der Waals surface area (Å²) in [7, 11) is 0. The number of aryl methyl sites for hydroxylation is 1. The number of amides is 1. The molecule has 0 aliphatic carbocycles. The molecule has 1 amide bonds. The Balaban J connectivity index is 1.78. The number of thioether (sulfide) groups is 1. The highest BCUT2D eigenvalue weighted by Crippen LogP contribution is 2.25. The number of nitrogens with one attached hydrogen (secondary N) is 2. The van der Waals surface area contributed by atoms with Crippen molar-refractivity contribution in [1.82, 2.24) is 20.2 Å². The number of benzene rings is 1. The number of rotatable bonds is 6. The van der Waals surface area contributed by atoms with Crippen LogP contribution in [0.2, 0.25) is 0 Å². The lowest BCUT2D eigenvalue weighted by Crippen LogP contribution is -2.25. The number of carbonyl (C=O) groups excluding carboxylic acids is 1. The van der Waals surface area contributed by atoms with Gasteiger partial charge in [0.2, 0.25) is 11.0 Å². The van der Waals surface area contributed by atoms with Gasteiger partial charge in [-0.1, -0.05) is 60.4 Å². The minimum atomic E-state index is -0.409. The molecule has 3 aromatic rings. The summed E-state index contributed by atoms with van der Waals surface area (Å²) in [5.41, 5.74) is 1.17. The van der Waals surface area contributed by atoms with E-state index in [9.17, 15) is 9.59 Å². The van der Waals surface area contributed by atoms with Gasteiger partial charge in [-0.2, -0.15) is 0 Å². The molecule has 2 heterocycles. The van der Waals surface area contributed by atoms with Gasteiger partial charge in [0.1, 0.15) is 5.01 Å². The second-order valence-corrected chi connectivity index (χ2v) is 7.81. The molecule has 1 aromatic carbocycles. The minimum Gasteiger partial charge on any atom is -0.301 e. The summed E-state index contributed by atoms with van der Waals surface area (Å²) in [4.78, 5) is 31.7. The molecule has 0 fully saturated rings. The van der Waals surface area contributed by atoms with Gasteiger partial charge in [0.05, 0.1) is 10.9 Å². The quantitative estimate of drug-likeness (QED) is 0.498. The molecule has 9 heteroatoms. The molecule has 1 unspecified atom stereocenters. The summed E-state index contributed by atoms with van der Waals surface area (Å²) in [5, 5.41) is 11.8. The lowest BCUT2D eigenvalue weighted by molar-refractivity contribution is -0.115. The summed E-state index contributed by atoms with van der Waals surface area (Å²) < 4.78 is 0. The topological polar surface area (TPSA) is 101 Å². The van der Waals surface area contributed by atoms with Crippen LogP contribution < -0.4 is 10.9 Å². The van der Waals surface area contributed by atoms with Crippen molar-refractivity contribution in [3.8, 4) is 11.3 Å². The zero-order valence-corrected chi connectivity index (χ0v) is 15.9. The zero-order chi connectivity index (χ0) is 18.5. The van der Waals surface area contributed by atoms with E-state index in [0.717, 1.165) is 10.6 Å². The fourth-order valence-corrected chi connectivity index (χ4v) is 3.75. The second kappa shape index (κ2) is 8.24. The number of hydrogen-bond acceptors (Lipinski definition) is 7. The SMILES string of the molecule is CCC(Sc1nc(-c2ccccc2)cc(=O)[nH]1)C(=O)Nc1nnc(C)s1. The predicted molar refractivity (Wildman–Crippen MR) is 104 cm³/mol. The van der Waals surface area contributed by atoms with Crippen LogP contribution in [0.1, 0.15) is 18.4 Å². The van der Waals surface area contributed by atoms with Crippen molar-refractivity contribution >= 4 is 34.1 Å². The van der Waals surface area contributed by atoms with E-state index >= 15 is 0 Å². The predicted octanol–water partition coefficient (Wildman–Crippen LogP) is 3.11. The number of anilines is 1. The van der Waals surface area contributed by atoms with Crippen molar-refractivity contribution in [1.29, 1.82) is 0 Å². The van der Waals surface area contributed by atoms with E-state index < -0.39 is 5.25 Å². The van der Waals surface area contributed by atoms with E-state index in [1.54, 1.807) is 0 Å². The molecule has 0 spiro atoms. The van der Waals surface area contributed by atoms with E-state index in [1.807, 2.05) is 44.2 Å². The van der Waals surface area contributed by atoms with Crippen LogP contribution in [-0.2, 0) is 4.79 Å². The van der Waals surface area contributed by atoms with Gasteiger partial charge in [-0.3, -0.25) is 14.9 Å². The maximum atomic E-state index is 12.5. The first kappa shape index (κ1) is 18.3. The number of nitrogens with zero attached hydrogens (tertiary/aromatic N) is 3. The minimum absolute atomic E-state index is 0.193. The van der Waals surface area contributed by atoms with Gasteiger partial charge in [0, 0.05) is 11.6 Å². The molecule has 26 heavy (non-hydrogen) atoms. The highest BCUT2D eigenvalue weighted by atomic mass is 32.2. The number of aromatic amines is 1. The van der Waals surface area contributed by atoms with E-state index in [2.05, 4.69) is 25.5 Å². The van der Waals surface area contributed by atoms with Crippen LogP contribution in [0.5, 0.6) is 0 Å². The first-order valence-electron chi connectivity index (χ1n) is 7.99. The molecular weight excluding hydrogens is 370 g/mol. The Morgan fingerprint density at radius 1 is 1.31 bits per heavy atom. The molecule has 1 atom stereocenters. The molecule has 2 N–H and O–H groups in total. The van der Waals surface area contributed by atoms with Crippen LogP contribution in [0.25, 0.3) is 11.3 Å². The molecule has 0 saturated heterocycles. The first-order chi connectivity index (χ1) is 12.5. The number of aromatic nitrogens is 4. The first-order valence-corrected chi connectivity index (χ1v) is 9.69. The summed E-state index contributed by atoms with van der Waals surface area (Å²) in [6, 6.07) is 10.9. The van der Waals surface area contributed by atoms with Gasteiger partial charge in [0.15, 0.2) is 5.16 Å². The molecule has 2 aromatic heterocycles. The third-order valence-corrected chi connectivity index (χ3v) is 5.47. The molecule has 0 aliphatic heterocycles. The number of carbonyl (C=O) groups is 1. The molecule has 0 bridgehead atoms.